The van der Waals surface area contributed by atoms with E-state index in [0.717, 1.165) is 18.4 Å². The molecule has 0 bridgehead atoms. The lowest BCUT2D eigenvalue weighted by Gasteiger charge is -2.41. The number of carbonyl (C=O) groups is 3. The fourth-order valence-electron chi connectivity index (χ4n) is 7.31. The highest BCUT2D eigenvalue weighted by Gasteiger charge is 2.71. The number of likely N-dealkylation sites (tertiary alicyclic amines) is 2. The Labute approximate surface area is 252 Å². The van der Waals surface area contributed by atoms with Gasteiger partial charge in [0, 0.05) is 47.9 Å². The van der Waals surface area contributed by atoms with E-state index in [4.69, 9.17) is 27.9 Å². The first-order valence-electron chi connectivity index (χ1n) is 14.0. The molecular weight excluding hydrogens is 580 g/mol. The number of fused-ring (bicyclic) bond motifs is 3. The molecular formula is C32H28Cl2FN3O4. The Morgan fingerprint density at radius 3 is 2.57 bits per heavy atom. The zero-order valence-electron chi connectivity index (χ0n) is 22.8. The van der Waals surface area contributed by atoms with Crippen LogP contribution in [0.3, 0.4) is 0 Å². The molecule has 2 saturated heterocycles. The quantitative estimate of drug-likeness (QED) is 0.369. The second-order valence-electron chi connectivity index (χ2n) is 11.6. The van der Waals surface area contributed by atoms with Crippen LogP contribution in [0.25, 0.3) is 0 Å². The summed E-state index contributed by atoms with van der Waals surface area (Å²) in [5, 5.41) is 3.44. The third kappa shape index (κ3) is 4.07. The molecule has 42 heavy (non-hydrogen) atoms. The molecule has 7 nitrogen and oxygen atoms in total. The number of amides is 2. The van der Waals surface area contributed by atoms with Gasteiger partial charge in [-0.15, -0.1) is 0 Å². The fourth-order valence-corrected chi connectivity index (χ4v) is 7.67. The number of anilines is 1. The van der Waals surface area contributed by atoms with Gasteiger partial charge in [0.25, 0.3) is 0 Å². The average Bonchev–Trinajstić information content (AvgIpc) is 3.62. The minimum Gasteiger partial charge on any atom is -0.465 e. The molecule has 1 saturated carbocycles. The maximum absolute atomic E-state index is 16.0. The Bertz CT molecular complexity index is 1630. The van der Waals surface area contributed by atoms with Gasteiger partial charge in [-0.3, -0.25) is 14.5 Å². The topological polar surface area (TPSA) is 78.9 Å². The van der Waals surface area contributed by atoms with Gasteiger partial charge in [-0.2, -0.15) is 0 Å². The van der Waals surface area contributed by atoms with Crippen molar-refractivity contribution in [2.75, 3.05) is 25.5 Å². The minimum atomic E-state index is -1.30. The molecule has 7 rings (SSSR count). The molecule has 4 aliphatic rings. The van der Waals surface area contributed by atoms with Gasteiger partial charge in [-0.1, -0.05) is 53.5 Å². The Balaban J connectivity index is 1.35. The minimum absolute atomic E-state index is 0.0532. The third-order valence-corrected chi connectivity index (χ3v) is 9.81. The first kappa shape index (κ1) is 27.4. The van der Waals surface area contributed by atoms with Crippen molar-refractivity contribution in [1.82, 2.24) is 9.80 Å². The number of benzene rings is 3. The fraction of sp³-hybridized carbons (Fsp3) is 0.344. The summed E-state index contributed by atoms with van der Waals surface area (Å²) in [7, 11) is 1.33. The highest BCUT2D eigenvalue weighted by Crippen LogP contribution is 2.62. The second-order valence-corrected chi connectivity index (χ2v) is 12.5. The number of nitrogens with one attached hydrogen (secondary N) is 1. The van der Waals surface area contributed by atoms with Crippen LogP contribution in [0.15, 0.2) is 60.7 Å². The van der Waals surface area contributed by atoms with Crippen molar-refractivity contribution in [3.63, 3.8) is 0 Å². The Hall–Kier alpha value is -3.46. The summed E-state index contributed by atoms with van der Waals surface area (Å²) in [6, 6.07) is 16.7. The smallest absolute Gasteiger partial charge is 0.337 e. The Morgan fingerprint density at radius 1 is 1.10 bits per heavy atom. The number of halogens is 3. The van der Waals surface area contributed by atoms with E-state index in [-0.39, 0.29) is 28.4 Å². The van der Waals surface area contributed by atoms with Crippen molar-refractivity contribution in [3.05, 3.63) is 98.8 Å². The molecule has 1 N–H and O–H groups in total. The zero-order chi connectivity index (χ0) is 29.3. The van der Waals surface area contributed by atoms with Crippen LogP contribution in [0.1, 0.15) is 45.8 Å². The highest BCUT2D eigenvalue weighted by molar-refractivity contribution is 6.31. The molecule has 3 aromatic rings. The van der Waals surface area contributed by atoms with Crippen molar-refractivity contribution < 1.29 is 23.5 Å². The average molecular weight is 608 g/mol. The van der Waals surface area contributed by atoms with E-state index >= 15 is 4.39 Å². The van der Waals surface area contributed by atoms with Crippen molar-refractivity contribution >= 4 is 46.7 Å². The van der Waals surface area contributed by atoms with Crippen molar-refractivity contribution in [3.8, 4) is 0 Å². The van der Waals surface area contributed by atoms with Crippen LogP contribution in [0.4, 0.5) is 10.1 Å². The third-order valence-electron chi connectivity index (χ3n) is 9.28. The molecule has 1 aliphatic carbocycles. The van der Waals surface area contributed by atoms with Gasteiger partial charge in [0.2, 0.25) is 11.8 Å². The van der Waals surface area contributed by atoms with Crippen molar-refractivity contribution in [2.45, 2.75) is 36.9 Å². The summed E-state index contributed by atoms with van der Waals surface area (Å²) >= 11 is 12.6. The van der Waals surface area contributed by atoms with Crippen LogP contribution in [0.2, 0.25) is 10.0 Å². The predicted octanol–water partition coefficient (Wildman–Crippen LogP) is 5.60. The van der Waals surface area contributed by atoms with Gasteiger partial charge in [0.15, 0.2) is 0 Å². The van der Waals surface area contributed by atoms with Gasteiger partial charge in [0.1, 0.15) is 11.4 Å². The summed E-state index contributed by atoms with van der Waals surface area (Å²) in [5.74, 6) is -2.58. The van der Waals surface area contributed by atoms with Gasteiger partial charge < -0.3 is 15.0 Å². The van der Waals surface area contributed by atoms with Crippen LogP contribution >= 0.6 is 23.2 Å². The molecule has 3 aliphatic heterocycles. The van der Waals surface area contributed by atoms with Crippen molar-refractivity contribution in [2.24, 2.45) is 11.8 Å². The van der Waals surface area contributed by atoms with Gasteiger partial charge in [0.05, 0.1) is 23.6 Å². The van der Waals surface area contributed by atoms with E-state index in [9.17, 15) is 14.4 Å². The summed E-state index contributed by atoms with van der Waals surface area (Å²) in [6.07, 6.45) is 2.08. The SMILES string of the molecule is COC(=O)c1ccc(CN2CC3[C@@H](C2=O)[C@H](c2cccc(Cl)c2F)[C@]2(C(=O)Nc4cc(Cl)ccc42)N3CC2CC2)cc1. The monoisotopic (exact) mass is 607 g/mol. The lowest BCUT2D eigenvalue weighted by Crippen LogP contribution is -2.54. The normalized spacial score (nSPS) is 26.5. The zero-order valence-corrected chi connectivity index (χ0v) is 24.3. The van der Waals surface area contributed by atoms with E-state index in [1.54, 1.807) is 53.4 Å². The predicted molar refractivity (Wildman–Crippen MR) is 156 cm³/mol. The number of ether oxygens (including phenoxy) is 1. The lowest BCUT2D eigenvalue weighted by molar-refractivity contribution is -0.133. The van der Waals surface area contributed by atoms with Gasteiger partial charge in [-0.05, 0) is 60.2 Å². The number of hydrogen-bond donors (Lipinski definition) is 1. The number of nitrogens with zero attached hydrogens (tertiary/aromatic N) is 2. The lowest BCUT2D eigenvalue weighted by atomic mass is 9.71. The molecule has 3 aromatic carbocycles. The molecule has 4 atom stereocenters. The van der Waals surface area contributed by atoms with E-state index < -0.39 is 29.2 Å². The summed E-state index contributed by atoms with van der Waals surface area (Å²) in [5.41, 5.74) is 1.51. The Kier molecular flexibility index (Phi) is 6.57. The van der Waals surface area contributed by atoms with E-state index in [0.29, 0.717) is 47.4 Å². The standard InChI is InChI=1S/C32H28Cl2FN3O4/c1-42-30(40)19-9-7-17(8-10-19)14-37-16-25-26(29(37)39)27(21-3-2-4-23(34)28(21)35)32(38(25)15-18-5-6-18)22-12-11-20(33)13-24(22)36-31(32)41/h2-4,7-13,18,25-27H,5-6,14-16H2,1H3,(H,36,41)/t25?,26-,27+,32-/m1/s1. The highest BCUT2D eigenvalue weighted by atomic mass is 35.5. The molecule has 0 aromatic heterocycles. The molecule has 2 amide bonds. The summed E-state index contributed by atoms with van der Waals surface area (Å²) in [4.78, 5) is 44.5. The maximum atomic E-state index is 16.0. The largest absolute Gasteiger partial charge is 0.465 e. The van der Waals surface area contributed by atoms with Crippen LogP contribution in [-0.4, -0.2) is 53.8 Å². The van der Waals surface area contributed by atoms with Crippen LogP contribution in [0, 0.1) is 17.7 Å². The Morgan fingerprint density at radius 2 is 1.86 bits per heavy atom. The first-order chi connectivity index (χ1) is 20.2. The molecule has 216 valence electrons. The number of rotatable bonds is 6. The van der Waals surface area contributed by atoms with Crippen LogP contribution in [0.5, 0.6) is 0 Å². The molecule has 3 fully saturated rings. The number of methoxy groups -OCH3 is 1. The van der Waals surface area contributed by atoms with Crippen LogP contribution < -0.4 is 5.32 Å². The molecule has 10 heteroatoms. The molecule has 3 heterocycles. The van der Waals surface area contributed by atoms with E-state index in [1.807, 2.05) is 6.07 Å². The molecule has 1 spiro atoms. The summed E-state index contributed by atoms with van der Waals surface area (Å²) < 4.78 is 20.7. The number of hydrogen-bond acceptors (Lipinski definition) is 5. The summed E-state index contributed by atoms with van der Waals surface area (Å²) in [6.45, 7) is 1.32. The van der Waals surface area contributed by atoms with Crippen molar-refractivity contribution in [1.29, 1.82) is 0 Å². The molecule has 0 radical (unpaired) electrons. The van der Waals surface area contributed by atoms with Gasteiger partial charge in [-0.25, -0.2) is 9.18 Å². The number of esters is 1. The molecule has 1 unspecified atom stereocenters. The maximum Gasteiger partial charge on any atom is 0.337 e. The van der Waals surface area contributed by atoms with Crippen LogP contribution in [-0.2, 0) is 26.4 Å². The van der Waals surface area contributed by atoms with E-state index in [2.05, 4.69) is 10.2 Å². The van der Waals surface area contributed by atoms with Gasteiger partial charge >= 0.3 is 5.97 Å². The number of carbonyl (C=O) groups excluding carboxylic acids is 3. The van der Waals surface area contributed by atoms with E-state index in [1.165, 1.54) is 13.2 Å². The second kappa shape index (κ2) is 10.1. The first-order valence-corrected chi connectivity index (χ1v) is 14.8.